The van der Waals surface area contributed by atoms with Crippen LogP contribution < -0.4 is 5.32 Å². The first-order valence-electron chi connectivity index (χ1n) is 5.10. The molecule has 0 amide bonds. The lowest BCUT2D eigenvalue weighted by Gasteiger charge is -2.17. The fourth-order valence-corrected chi connectivity index (χ4v) is 1.36. The highest BCUT2D eigenvalue weighted by Crippen LogP contribution is 2.12. The lowest BCUT2D eigenvalue weighted by Crippen LogP contribution is -2.27. The molecule has 0 fully saturated rings. The van der Waals surface area contributed by atoms with Gasteiger partial charge in [0.05, 0.1) is 18.8 Å². The van der Waals surface area contributed by atoms with Crippen LogP contribution in [0.25, 0.3) is 0 Å². The maximum atomic E-state index is 10.9. The molecule has 0 saturated heterocycles. The summed E-state index contributed by atoms with van der Waals surface area (Å²) in [5.41, 5.74) is 0.0408. The summed E-state index contributed by atoms with van der Waals surface area (Å²) in [6, 6.07) is 1.15. The molecule has 17 heavy (non-hydrogen) atoms. The number of aliphatic hydroxyl groups is 1. The summed E-state index contributed by atoms with van der Waals surface area (Å²) in [6.07, 6.45) is 1.75. The quantitative estimate of drug-likeness (QED) is 0.616. The van der Waals surface area contributed by atoms with Crippen LogP contribution in [0, 0.1) is 0 Å². The van der Waals surface area contributed by atoms with Gasteiger partial charge in [-0.15, -0.1) is 5.10 Å². The Balaban J connectivity index is 2.80. The van der Waals surface area contributed by atoms with E-state index in [1.54, 1.807) is 0 Å². The van der Waals surface area contributed by atoms with E-state index in [9.17, 15) is 4.79 Å². The van der Waals surface area contributed by atoms with E-state index in [-0.39, 0.29) is 24.0 Å². The van der Waals surface area contributed by atoms with Crippen molar-refractivity contribution in [2.75, 3.05) is 25.6 Å². The Kier molecular flexibility index (Phi) is 5.31. The highest BCUT2D eigenvalue weighted by atomic mass is 16.5. The van der Waals surface area contributed by atoms with Crippen molar-refractivity contribution in [1.82, 2.24) is 10.2 Å². The molecule has 0 aliphatic carbocycles. The van der Waals surface area contributed by atoms with Gasteiger partial charge in [0.25, 0.3) is 0 Å². The van der Waals surface area contributed by atoms with Crippen molar-refractivity contribution in [2.24, 2.45) is 0 Å². The molecular weight excluding hydrogens is 226 g/mol. The zero-order chi connectivity index (χ0) is 12.7. The molecule has 7 heteroatoms. The lowest BCUT2D eigenvalue weighted by molar-refractivity contribution is 0.0697. The fraction of sp³-hybridized carbons (Fsp3) is 0.500. The number of carboxylic acids is 1. The molecule has 1 rings (SSSR count). The van der Waals surface area contributed by atoms with Gasteiger partial charge in [-0.1, -0.05) is 0 Å². The van der Waals surface area contributed by atoms with Gasteiger partial charge in [0.15, 0.2) is 5.82 Å². The van der Waals surface area contributed by atoms with Crippen LogP contribution in [0.2, 0.25) is 0 Å². The SMILES string of the molecule is COCC(CCO)Nc1nnccc1C(=O)O. The number of nitrogens with one attached hydrogen (secondary N) is 1. The van der Waals surface area contributed by atoms with Crippen molar-refractivity contribution in [3.63, 3.8) is 0 Å². The number of hydrogen-bond acceptors (Lipinski definition) is 6. The Labute approximate surface area is 98.4 Å². The third-order valence-electron chi connectivity index (χ3n) is 2.14. The molecule has 0 aromatic carbocycles. The summed E-state index contributed by atoms with van der Waals surface area (Å²) in [7, 11) is 1.53. The Morgan fingerprint density at radius 3 is 3.00 bits per heavy atom. The number of anilines is 1. The lowest BCUT2D eigenvalue weighted by atomic mass is 10.2. The molecule has 0 aliphatic heterocycles. The number of carboxylic acid groups (broad SMARTS) is 1. The molecule has 1 aromatic heterocycles. The van der Waals surface area contributed by atoms with Crippen molar-refractivity contribution in [3.05, 3.63) is 17.8 Å². The van der Waals surface area contributed by atoms with E-state index in [4.69, 9.17) is 14.9 Å². The summed E-state index contributed by atoms with van der Waals surface area (Å²) in [5.74, 6) is -0.905. The third-order valence-corrected chi connectivity index (χ3v) is 2.14. The first kappa shape index (κ1) is 13.3. The van der Waals surface area contributed by atoms with Crippen LogP contribution in [0.4, 0.5) is 5.82 Å². The minimum absolute atomic E-state index is 0.0241. The number of aliphatic hydroxyl groups excluding tert-OH is 1. The van der Waals surface area contributed by atoms with Gasteiger partial charge in [-0.25, -0.2) is 4.79 Å². The molecule has 0 bridgehead atoms. The second kappa shape index (κ2) is 6.77. The van der Waals surface area contributed by atoms with Gasteiger partial charge in [-0.3, -0.25) is 0 Å². The molecule has 1 unspecified atom stereocenters. The van der Waals surface area contributed by atoms with Gasteiger partial charge in [-0.05, 0) is 12.5 Å². The number of carbonyl (C=O) groups is 1. The summed E-state index contributed by atoms with van der Waals surface area (Å²) >= 11 is 0. The molecule has 0 aliphatic rings. The minimum Gasteiger partial charge on any atom is -0.478 e. The highest BCUT2D eigenvalue weighted by Gasteiger charge is 2.15. The van der Waals surface area contributed by atoms with E-state index in [1.807, 2.05) is 0 Å². The van der Waals surface area contributed by atoms with Crippen molar-refractivity contribution in [2.45, 2.75) is 12.5 Å². The topological polar surface area (TPSA) is 105 Å². The van der Waals surface area contributed by atoms with Gasteiger partial charge in [-0.2, -0.15) is 5.10 Å². The molecule has 7 nitrogen and oxygen atoms in total. The summed E-state index contributed by atoms with van der Waals surface area (Å²) in [5, 5.41) is 28.1. The van der Waals surface area contributed by atoms with Gasteiger partial charge in [0.2, 0.25) is 0 Å². The Morgan fingerprint density at radius 1 is 1.65 bits per heavy atom. The third kappa shape index (κ3) is 3.97. The van der Waals surface area contributed by atoms with Crippen molar-refractivity contribution in [1.29, 1.82) is 0 Å². The number of aromatic nitrogens is 2. The first-order valence-corrected chi connectivity index (χ1v) is 5.10. The second-order valence-corrected chi connectivity index (χ2v) is 3.41. The predicted octanol–water partition coefficient (Wildman–Crippen LogP) is -0.0159. The van der Waals surface area contributed by atoms with E-state index in [1.165, 1.54) is 19.4 Å². The minimum atomic E-state index is -1.08. The Morgan fingerprint density at radius 2 is 2.41 bits per heavy atom. The van der Waals surface area contributed by atoms with Crippen LogP contribution in [0.1, 0.15) is 16.8 Å². The zero-order valence-corrected chi connectivity index (χ0v) is 9.46. The number of nitrogens with zero attached hydrogens (tertiary/aromatic N) is 2. The standard InChI is InChI=1S/C10H15N3O4/c1-17-6-7(3-5-14)12-9-8(10(15)16)2-4-11-13-9/h2,4,7,14H,3,5-6H2,1H3,(H,12,13)(H,15,16). The average Bonchev–Trinajstić information content (AvgIpc) is 2.30. The molecule has 0 saturated carbocycles. The fourth-order valence-electron chi connectivity index (χ4n) is 1.36. The van der Waals surface area contributed by atoms with E-state index >= 15 is 0 Å². The molecule has 0 radical (unpaired) electrons. The van der Waals surface area contributed by atoms with Gasteiger partial charge < -0.3 is 20.3 Å². The van der Waals surface area contributed by atoms with Crippen molar-refractivity contribution >= 4 is 11.8 Å². The summed E-state index contributed by atoms with van der Waals surface area (Å²) in [4.78, 5) is 10.9. The maximum Gasteiger partial charge on any atom is 0.339 e. The number of methoxy groups -OCH3 is 1. The highest BCUT2D eigenvalue weighted by molar-refractivity contribution is 5.92. The zero-order valence-electron chi connectivity index (χ0n) is 9.46. The van der Waals surface area contributed by atoms with Crippen molar-refractivity contribution in [3.8, 4) is 0 Å². The molecule has 3 N–H and O–H groups in total. The van der Waals surface area contributed by atoms with E-state index in [0.29, 0.717) is 13.0 Å². The van der Waals surface area contributed by atoms with Crippen LogP contribution in [-0.4, -0.2) is 52.7 Å². The van der Waals surface area contributed by atoms with Crippen molar-refractivity contribution < 1.29 is 19.7 Å². The largest absolute Gasteiger partial charge is 0.478 e. The maximum absolute atomic E-state index is 10.9. The van der Waals surface area contributed by atoms with E-state index < -0.39 is 5.97 Å². The molecule has 1 aromatic rings. The normalized spacial score (nSPS) is 12.1. The van der Waals surface area contributed by atoms with Crippen LogP contribution in [0.3, 0.4) is 0 Å². The number of rotatable bonds is 7. The smallest absolute Gasteiger partial charge is 0.339 e. The Hall–Kier alpha value is -1.73. The van der Waals surface area contributed by atoms with E-state index in [0.717, 1.165) is 0 Å². The summed E-state index contributed by atoms with van der Waals surface area (Å²) in [6.45, 7) is 0.319. The van der Waals surface area contributed by atoms with Crippen LogP contribution >= 0.6 is 0 Å². The second-order valence-electron chi connectivity index (χ2n) is 3.41. The van der Waals surface area contributed by atoms with Gasteiger partial charge in [0.1, 0.15) is 5.56 Å². The molecule has 1 atom stereocenters. The van der Waals surface area contributed by atoms with Crippen LogP contribution in [0.15, 0.2) is 12.3 Å². The number of hydrogen-bond donors (Lipinski definition) is 3. The molecule has 0 spiro atoms. The van der Waals surface area contributed by atoms with E-state index in [2.05, 4.69) is 15.5 Å². The number of aromatic carboxylic acids is 1. The molecular formula is C10H15N3O4. The Bertz CT molecular complexity index is 366. The molecule has 94 valence electrons. The molecule has 1 heterocycles. The van der Waals surface area contributed by atoms with Gasteiger partial charge in [0, 0.05) is 13.7 Å². The van der Waals surface area contributed by atoms with Gasteiger partial charge >= 0.3 is 5.97 Å². The average molecular weight is 241 g/mol. The number of ether oxygens (including phenoxy) is 1. The van der Waals surface area contributed by atoms with Crippen LogP contribution in [-0.2, 0) is 4.74 Å². The predicted molar refractivity (Wildman–Crippen MR) is 60.0 cm³/mol. The van der Waals surface area contributed by atoms with Crippen LogP contribution in [0.5, 0.6) is 0 Å². The summed E-state index contributed by atoms with van der Waals surface area (Å²) < 4.78 is 4.96. The first-order chi connectivity index (χ1) is 8.19. The monoisotopic (exact) mass is 241 g/mol.